The molecule has 0 N–H and O–H groups in total. The second-order valence-corrected chi connectivity index (χ2v) is 8.31. The minimum absolute atomic E-state index is 0.0529. The standard InChI is InChI=1S/C18H17BrN4O/c1-17(2)13-5-4-10-8-21-16-12(19)9-22-23(16)14(10)18(13,3)6-11(7-20)15(17)24/h6,8-9,13H,4-5H2,1-3H3/t13-,18-/m0/s1. The topological polar surface area (TPSA) is 71.0 Å². The summed E-state index contributed by atoms with van der Waals surface area (Å²) in [5.74, 6) is 0.0681. The number of rotatable bonds is 0. The normalized spacial score (nSPS) is 28.0. The van der Waals surface area contributed by atoms with Gasteiger partial charge in [0.1, 0.15) is 6.07 Å². The van der Waals surface area contributed by atoms with Gasteiger partial charge in [-0.25, -0.2) is 9.50 Å². The number of aromatic nitrogens is 3. The average molecular weight is 385 g/mol. The number of ketones is 1. The molecule has 24 heavy (non-hydrogen) atoms. The first-order valence-electron chi connectivity index (χ1n) is 8.00. The van der Waals surface area contributed by atoms with Gasteiger partial charge in [0.15, 0.2) is 11.4 Å². The minimum Gasteiger partial charge on any atom is -0.293 e. The van der Waals surface area contributed by atoms with E-state index in [1.54, 1.807) is 6.20 Å². The van der Waals surface area contributed by atoms with E-state index in [2.05, 4.69) is 39.0 Å². The molecule has 2 aliphatic rings. The monoisotopic (exact) mass is 384 g/mol. The quantitative estimate of drug-likeness (QED) is 0.697. The minimum atomic E-state index is -0.577. The maximum atomic E-state index is 12.7. The van der Waals surface area contributed by atoms with E-state index in [9.17, 15) is 10.1 Å². The Morgan fingerprint density at radius 3 is 2.83 bits per heavy atom. The highest BCUT2D eigenvalue weighted by atomic mass is 79.9. The lowest BCUT2D eigenvalue weighted by molar-refractivity contribution is -0.128. The summed E-state index contributed by atoms with van der Waals surface area (Å²) in [4.78, 5) is 17.2. The van der Waals surface area contributed by atoms with Gasteiger partial charge in [0, 0.05) is 17.0 Å². The van der Waals surface area contributed by atoms with Gasteiger partial charge in [-0.3, -0.25) is 4.79 Å². The van der Waals surface area contributed by atoms with Gasteiger partial charge in [0.25, 0.3) is 0 Å². The molecule has 0 unspecified atom stereocenters. The van der Waals surface area contributed by atoms with Crippen molar-refractivity contribution in [3.63, 3.8) is 0 Å². The van der Waals surface area contributed by atoms with Crippen molar-refractivity contribution in [1.82, 2.24) is 14.6 Å². The number of halogens is 1. The molecule has 2 aliphatic carbocycles. The van der Waals surface area contributed by atoms with Crippen molar-refractivity contribution >= 4 is 27.4 Å². The van der Waals surface area contributed by atoms with Crippen molar-refractivity contribution in [2.24, 2.45) is 11.3 Å². The lowest BCUT2D eigenvalue weighted by Crippen LogP contribution is -2.51. The highest BCUT2D eigenvalue weighted by Crippen LogP contribution is 2.54. The zero-order valence-electron chi connectivity index (χ0n) is 13.8. The third-order valence-electron chi connectivity index (χ3n) is 5.76. The molecule has 0 saturated carbocycles. The molecule has 0 radical (unpaired) electrons. The Balaban J connectivity index is 2.10. The number of carbonyl (C=O) groups excluding carboxylic acids is 1. The van der Waals surface area contributed by atoms with Gasteiger partial charge < -0.3 is 0 Å². The fourth-order valence-electron chi connectivity index (χ4n) is 4.69. The molecule has 4 rings (SSSR count). The smallest absolute Gasteiger partial charge is 0.178 e. The van der Waals surface area contributed by atoms with E-state index >= 15 is 0 Å². The third kappa shape index (κ3) is 1.76. The second-order valence-electron chi connectivity index (χ2n) is 7.45. The fourth-order valence-corrected chi connectivity index (χ4v) is 5.06. The molecule has 2 atom stereocenters. The van der Waals surface area contributed by atoms with Crippen LogP contribution in [0.2, 0.25) is 0 Å². The summed E-state index contributed by atoms with van der Waals surface area (Å²) in [5, 5.41) is 14.0. The van der Waals surface area contributed by atoms with E-state index in [0.29, 0.717) is 0 Å². The van der Waals surface area contributed by atoms with Gasteiger partial charge in [-0.15, -0.1) is 0 Å². The van der Waals surface area contributed by atoms with Gasteiger partial charge in [-0.1, -0.05) is 26.8 Å². The molecule has 0 fully saturated rings. The summed E-state index contributed by atoms with van der Waals surface area (Å²) in [6.07, 6.45) is 7.26. The molecule has 2 aromatic heterocycles. The molecule has 2 aromatic rings. The molecule has 0 saturated heterocycles. The zero-order valence-corrected chi connectivity index (χ0v) is 15.4. The number of allylic oxidation sites excluding steroid dienone is 2. The van der Waals surface area contributed by atoms with Crippen LogP contribution >= 0.6 is 15.9 Å². The van der Waals surface area contributed by atoms with Crippen LogP contribution in [-0.4, -0.2) is 20.4 Å². The number of aryl methyl sites for hydroxylation is 1. The predicted octanol–water partition coefficient (Wildman–Crippen LogP) is 3.37. The van der Waals surface area contributed by atoms with Crippen molar-refractivity contribution in [1.29, 1.82) is 5.26 Å². The Labute approximate surface area is 148 Å². The number of hydrogen-bond acceptors (Lipinski definition) is 4. The molecule has 0 amide bonds. The maximum Gasteiger partial charge on any atom is 0.178 e. The van der Waals surface area contributed by atoms with Crippen LogP contribution in [0, 0.1) is 22.7 Å². The van der Waals surface area contributed by atoms with E-state index in [4.69, 9.17) is 0 Å². The number of nitrogens with zero attached hydrogens (tertiary/aromatic N) is 4. The summed E-state index contributed by atoms with van der Waals surface area (Å²) in [6.45, 7) is 6.05. The number of nitriles is 1. The predicted molar refractivity (Wildman–Crippen MR) is 92.3 cm³/mol. The van der Waals surface area contributed by atoms with Gasteiger partial charge in [0.05, 0.1) is 21.9 Å². The summed E-state index contributed by atoms with van der Waals surface area (Å²) in [7, 11) is 0. The van der Waals surface area contributed by atoms with Crippen LogP contribution in [0.5, 0.6) is 0 Å². The highest BCUT2D eigenvalue weighted by Gasteiger charge is 2.54. The number of hydrogen-bond donors (Lipinski definition) is 0. The van der Waals surface area contributed by atoms with Gasteiger partial charge in [-0.05, 0) is 40.3 Å². The van der Waals surface area contributed by atoms with Crippen LogP contribution in [-0.2, 0) is 16.6 Å². The zero-order chi connectivity index (χ0) is 17.3. The van der Waals surface area contributed by atoms with Crippen LogP contribution in [0.15, 0.2) is 28.5 Å². The Kier molecular flexibility index (Phi) is 3.08. The number of carbonyl (C=O) groups is 1. The number of Topliss-reactive ketones (excluding diaryl/α,β-unsaturated/α-hetero) is 1. The molecule has 122 valence electrons. The van der Waals surface area contributed by atoms with Crippen LogP contribution in [0.1, 0.15) is 38.4 Å². The van der Waals surface area contributed by atoms with Crippen LogP contribution in [0.4, 0.5) is 0 Å². The van der Waals surface area contributed by atoms with Crippen molar-refractivity contribution in [3.8, 4) is 6.07 Å². The van der Waals surface area contributed by atoms with E-state index in [1.165, 1.54) is 0 Å². The Hall–Kier alpha value is -2.00. The third-order valence-corrected chi connectivity index (χ3v) is 6.32. The van der Waals surface area contributed by atoms with Gasteiger partial charge in [0.2, 0.25) is 0 Å². The lowest BCUT2D eigenvalue weighted by Gasteiger charge is -2.50. The van der Waals surface area contributed by atoms with Crippen molar-refractivity contribution in [2.45, 2.75) is 39.0 Å². The van der Waals surface area contributed by atoms with Gasteiger partial charge in [-0.2, -0.15) is 10.4 Å². The SMILES string of the molecule is CC1(C)C(=O)C(C#N)=C[C@]2(C)c3c(cnc4c(Br)cnn34)CC[C@@H]12. The first kappa shape index (κ1) is 15.5. The van der Waals surface area contributed by atoms with E-state index < -0.39 is 10.8 Å². The molecule has 6 heteroatoms. The number of fused-ring (bicyclic) bond motifs is 5. The van der Waals surface area contributed by atoms with E-state index in [1.807, 2.05) is 30.6 Å². The van der Waals surface area contributed by atoms with Crippen LogP contribution in [0.25, 0.3) is 5.65 Å². The molecule has 0 aromatic carbocycles. The van der Waals surface area contributed by atoms with Crippen molar-refractivity contribution in [3.05, 3.63) is 39.8 Å². The molecular formula is C18H17BrN4O. The molecule has 5 nitrogen and oxygen atoms in total. The fraction of sp³-hybridized carbons (Fsp3) is 0.444. The summed E-state index contributed by atoms with van der Waals surface area (Å²) < 4.78 is 2.70. The Morgan fingerprint density at radius 2 is 2.12 bits per heavy atom. The van der Waals surface area contributed by atoms with E-state index in [-0.39, 0.29) is 17.3 Å². The van der Waals surface area contributed by atoms with Crippen LogP contribution in [0.3, 0.4) is 0 Å². The average Bonchev–Trinajstić information content (AvgIpc) is 2.92. The summed E-state index contributed by atoms with van der Waals surface area (Å²) >= 11 is 3.49. The highest BCUT2D eigenvalue weighted by molar-refractivity contribution is 9.10. The lowest BCUT2D eigenvalue weighted by atomic mass is 9.52. The molecule has 0 aliphatic heterocycles. The van der Waals surface area contributed by atoms with E-state index in [0.717, 1.165) is 34.2 Å². The van der Waals surface area contributed by atoms with Crippen molar-refractivity contribution in [2.75, 3.05) is 0 Å². The maximum absolute atomic E-state index is 12.7. The molecule has 2 heterocycles. The Morgan fingerprint density at radius 1 is 1.38 bits per heavy atom. The summed E-state index contributed by atoms with van der Waals surface area (Å²) in [6, 6.07) is 2.11. The van der Waals surface area contributed by atoms with Crippen molar-refractivity contribution < 1.29 is 4.79 Å². The largest absolute Gasteiger partial charge is 0.293 e. The first-order valence-corrected chi connectivity index (χ1v) is 8.79. The molecule has 0 spiro atoms. The second kappa shape index (κ2) is 4.76. The van der Waals surface area contributed by atoms with Gasteiger partial charge >= 0.3 is 0 Å². The van der Waals surface area contributed by atoms with Crippen LogP contribution < -0.4 is 0 Å². The first-order chi connectivity index (χ1) is 11.3. The molecular weight excluding hydrogens is 368 g/mol. The summed E-state index contributed by atoms with van der Waals surface area (Å²) in [5.41, 5.74) is 2.19. The Bertz CT molecular complexity index is 965. The molecule has 0 bridgehead atoms.